The highest BCUT2D eigenvalue weighted by atomic mass is 19.3. The van der Waals surface area contributed by atoms with E-state index in [4.69, 9.17) is 0 Å². The Balaban J connectivity index is 2.50. The Bertz CT molecular complexity index is 446. The maximum Gasteiger partial charge on any atom is 0.387 e. The lowest BCUT2D eigenvalue weighted by Gasteiger charge is -2.06. The van der Waals surface area contributed by atoms with E-state index in [0.29, 0.717) is 18.5 Å². The largest absolute Gasteiger partial charge is 0.435 e. The van der Waals surface area contributed by atoms with Crippen LogP contribution >= 0.6 is 0 Å². The summed E-state index contributed by atoms with van der Waals surface area (Å²) in [4.78, 5) is 11.6. The number of carbonyl (C=O) groups is 1. The van der Waals surface area contributed by atoms with Gasteiger partial charge in [-0.05, 0) is 31.2 Å². The fraction of sp³-hybridized carbons (Fsp3) is 0.308. The van der Waals surface area contributed by atoms with Crippen LogP contribution in [0.2, 0.25) is 0 Å². The number of ether oxygens (including phenoxy) is 1. The van der Waals surface area contributed by atoms with E-state index in [2.05, 4.69) is 21.9 Å². The highest BCUT2D eigenvalue weighted by Gasteiger charge is 2.07. The summed E-state index contributed by atoms with van der Waals surface area (Å²) in [5.41, 5.74) is 0.390. The van der Waals surface area contributed by atoms with Crippen LogP contribution in [0.4, 0.5) is 8.78 Å². The van der Waals surface area contributed by atoms with Crippen molar-refractivity contribution in [2.75, 3.05) is 6.54 Å². The Kier molecular flexibility index (Phi) is 5.65. The molecule has 0 saturated heterocycles. The van der Waals surface area contributed by atoms with Gasteiger partial charge in [0.05, 0.1) is 0 Å². The fourth-order valence-corrected chi connectivity index (χ4v) is 1.25. The molecule has 0 radical (unpaired) electrons. The molecule has 0 saturated carbocycles. The molecule has 0 atom stereocenters. The van der Waals surface area contributed by atoms with Crippen molar-refractivity contribution in [2.45, 2.75) is 20.0 Å². The van der Waals surface area contributed by atoms with Gasteiger partial charge in [0.25, 0.3) is 5.91 Å². The summed E-state index contributed by atoms with van der Waals surface area (Å²) in [6.07, 6.45) is 0.578. The van der Waals surface area contributed by atoms with Crippen LogP contribution in [0.5, 0.6) is 5.75 Å². The van der Waals surface area contributed by atoms with Gasteiger partial charge >= 0.3 is 6.61 Å². The van der Waals surface area contributed by atoms with Gasteiger partial charge < -0.3 is 10.1 Å². The summed E-state index contributed by atoms with van der Waals surface area (Å²) in [6, 6.07) is 5.51. The molecule has 0 aliphatic heterocycles. The predicted molar refractivity (Wildman–Crippen MR) is 63.5 cm³/mol. The summed E-state index contributed by atoms with van der Waals surface area (Å²) >= 11 is 0. The third-order valence-electron chi connectivity index (χ3n) is 2.05. The average molecular weight is 253 g/mol. The number of alkyl halides is 2. The van der Waals surface area contributed by atoms with Crippen LogP contribution in [-0.4, -0.2) is 19.1 Å². The van der Waals surface area contributed by atoms with Gasteiger partial charge in [-0.15, -0.1) is 11.8 Å². The number of halogens is 2. The Morgan fingerprint density at radius 2 is 2.06 bits per heavy atom. The smallest absolute Gasteiger partial charge is 0.387 e. The van der Waals surface area contributed by atoms with Crippen molar-refractivity contribution < 1.29 is 18.3 Å². The molecule has 0 bridgehead atoms. The first-order chi connectivity index (χ1) is 8.63. The van der Waals surface area contributed by atoms with E-state index in [1.165, 1.54) is 24.3 Å². The number of hydrogen-bond donors (Lipinski definition) is 1. The highest BCUT2D eigenvalue weighted by molar-refractivity contribution is 5.94. The molecule has 18 heavy (non-hydrogen) atoms. The Hall–Kier alpha value is -2.09. The van der Waals surface area contributed by atoms with Crippen LogP contribution in [0.3, 0.4) is 0 Å². The summed E-state index contributed by atoms with van der Waals surface area (Å²) < 4.78 is 28.0. The van der Waals surface area contributed by atoms with E-state index >= 15 is 0 Å². The van der Waals surface area contributed by atoms with Crippen molar-refractivity contribution in [3.63, 3.8) is 0 Å². The van der Waals surface area contributed by atoms with Crippen LogP contribution in [0.15, 0.2) is 24.3 Å². The molecule has 0 spiro atoms. The van der Waals surface area contributed by atoms with Crippen LogP contribution in [0.1, 0.15) is 23.7 Å². The molecule has 5 heteroatoms. The molecule has 1 N–H and O–H groups in total. The maximum atomic E-state index is 11.9. The predicted octanol–water partition coefficient (Wildman–Crippen LogP) is 2.43. The monoisotopic (exact) mass is 253 g/mol. The molecule has 0 unspecified atom stereocenters. The quantitative estimate of drug-likeness (QED) is 0.646. The zero-order valence-electron chi connectivity index (χ0n) is 9.87. The molecule has 3 nitrogen and oxygen atoms in total. The SMILES string of the molecule is CC#CCCNC(=O)c1ccc(OC(F)F)cc1. The number of amides is 1. The molecule has 1 amide bonds. The van der Waals surface area contributed by atoms with Gasteiger partial charge in [0, 0.05) is 18.5 Å². The molecule has 0 aliphatic rings. The Morgan fingerprint density at radius 1 is 1.39 bits per heavy atom. The second-order valence-electron chi connectivity index (χ2n) is 3.34. The molecule has 1 rings (SSSR count). The molecule has 96 valence electrons. The van der Waals surface area contributed by atoms with Gasteiger partial charge in [0.1, 0.15) is 5.75 Å². The van der Waals surface area contributed by atoms with Gasteiger partial charge in [-0.1, -0.05) is 0 Å². The third-order valence-corrected chi connectivity index (χ3v) is 2.05. The first-order valence-corrected chi connectivity index (χ1v) is 5.36. The Labute approximate surface area is 104 Å². The van der Waals surface area contributed by atoms with Crippen molar-refractivity contribution in [3.05, 3.63) is 29.8 Å². The number of hydrogen-bond acceptors (Lipinski definition) is 2. The first kappa shape index (κ1) is 14.0. The van der Waals surface area contributed by atoms with E-state index < -0.39 is 6.61 Å². The highest BCUT2D eigenvalue weighted by Crippen LogP contribution is 2.14. The van der Waals surface area contributed by atoms with Gasteiger partial charge in [0.15, 0.2) is 0 Å². The lowest BCUT2D eigenvalue weighted by Crippen LogP contribution is -2.24. The molecule has 0 heterocycles. The van der Waals surface area contributed by atoms with Crippen molar-refractivity contribution >= 4 is 5.91 Å². The van der Waals surface area contributed by atoms with E-state index in [1.54, 1.807) is 6.92 Å². The number of nitrogens with one attached hydrogen (secondary N) is 1. The van der Waals surface area contributed by atoms with Crippen LogP contribution in [0.25, 0.3) is 0 Å². The lowest BCUT2D eigenvalue weighted by atomic mass is 10.2. The topological polar surface area (TPSA) is 38.3 Å². The van der Waals surface area contributed by atoms with Crippen molar-refractivity contribution in [1.29, 1.82) is 0 Å². The van der Waals surface area contributed by atoms with Crippen LogP contribution in [0, 0.1) is 11.8 Å². The first-order valence-electron chi connectivity index (χ1n) is 5.36. The van der Waals surface area contributed by atoms with Crippen molar-refractivity contribution in [2.24, 2.45) is 0 Å². The maximum absolute atomic E-state index is 11.9. The fourth-order valence-electron chi connectivity index (χ4n) is 1.25. The van der Waals surface area contributed by atoms with E-state index in [0.717, 1.165) is 0 Å². The minimum atomic E-state index is -2.86. The van der Waals surface area contributed by atoms with Crippen molar-refractivity contribution in [1.82, 2.24) is 5.32 Å². The lowest BCUT2D eigenvalue weighted by molar-refractivity contribution is -0.0498. The molecule has 1 aromatic rings. The summed E-state index contributed by atoms with van der Waals surface area (Å²) in [6.45, 7) is -0.685. The molecular weight excluding hydrogens is 240 g/mol. The van der Waals surface area contributed by atoms with E-state index in [-0.39, 0.29) is 11.7 Å². The molecule has 0 aliphatic carbocycles. The van der Waals surface area contributed by atoms with Crippen molar-refractivity contribution in [3.8, 4) is 17.6 Å². The van der Waals surface area contributed by atoms with Gasteiger partial charge in [-0.2, -0.15) is 8.78 Å². The second-order valence-corrected chi connectivity index (χ2v) is 3.34. The summed E-state index contributed by atoms with van der Waals surface area (Å²) in [7, 11) is 0. The summed E-state index contributed by atoms with van der Waals surface area (Å²) in [5, 5.41) is 2.66. The van der Waals surface area contributed by atoms with E-state index in [1.807, 2.05) is 0 Å². The average Bonchev–Trinajstić information content (AvgIpc) is 2.34. The van der Waals surface area contributed by atoms with Gasteiger partial charge in [-0.3, -0.25) is 4.79 Å². The number of carbonyl (C=O) groups excluding carboxylic acids is 1. The van der Waals surface area contributed by atoms with Crippen LogP contribution in [-0.2, 0) is 0 Å². The third kappa shape index (κ3) is 4.83. The molecule has 0 aromatic heterocycles. The van der Waals surface area contributed by atoms with Gasteiger partial charge in [0.2, 0.25) is 0 Å². The standard InChI is InChI=1S/C13H13F2NO2/c1-2-3-4-9-16-12(17)10-5-7-11(8-6-10)18-13(14)15/h5-8,13H,4,9H2,1H3,(H,16,17). The summed E-state index contributed by atoms with van der Waals surface area (Å²) in [5.74, 6) is 5.29. The Morgan fingerprint density at radius 3 is 2.61 bits per heavy atom. The van der Waals surface area contributed by atoms with E-state index in [9.17, 15) is 13.6 Å². The zero-order chi connectivity index (χ0) is 13.4. The molecule has 0 fully saturated rings. The normalized spacial score (nSPS) is 9.56. The molecular formula is C13H13F2NO2. The zero-order valence-corrected chi connectivity index (χ0v) is 9.87. The minimum Gasteiger partial charge on any atom is -0.435 e. The number of rotatable bonds is 5. The number of benzene rings is 1. The van der Waals surface area contributed by atoms with Gasteiger partial charge in [-0.25, -0.2) is 0 Å². The minimum absolute atomic E-state index is 0.0263. The molecule has 1 aromatic carbocycles. The second kappa shape index (κ2) is 7.28. The van der Waals surface area contributed by atoms with Crippen LogP contribution < -0.4 is 10.1 Å².